The molecule has 1 atom stereocenters. The molecule has 7 heteroatoms. The summed E-state index contributed by atoms with van der Waals surface area (Å²) >= 11 is 0. The molecule has 76 valence electrons. The van der Waals surface area contributed by atoms with Crippen molar-refractivity contribution in [2.24, 2.45) is 0 Å². The molecule has 0 spiro atoms. The first-order chi connectivity index (χ1) is 5.35. The molecule has 0 aromatic heterocycles. The van der Waals surface area contributed by atoms with Gasteiger partial charge in [-0.1, -0.05) is 6.92 Å². The Hall–Kier alpha value is -0.210. The highest BCUT2D eigenvalue weighted by Gasteiger charge is 1.95. The first-order valence-corrected chi connectivity index (χ1v) is 4.72. The lowest BCUT2D eigenvalue weighted by atomic mass is 10.2. The van der Waals surface area contributed by atoms with Crippen molar-refractivity contribution in [1.29, 1.82) is 0 Å². The highest BCUT2D eigenvalue weighted by Crippen LogP contribution is 1.84. The first-order valence-electron chi connectivity index (χ1n) is 3.33. The summed E-state index contributed by atoms with van der Waals surface area (Å²) < 4.78 is 31.6. The van der Waals surface area contributed by atoms with Crippen LogP contribution in [0.2, 0.25) is 0 Å². The minimum atomic E-state index is -4.67. The summed E-state index contributed by atoms with van der Waals surface area (Å²) in [6.07, 6.45) is 0.993. The van der Waals surface area contributed by atoms with Gasteiger partial charge in [0.2, 0.25) is 0 Å². The van der Waals surface area contributed by atoms with Crippen molar-refractivity contribution in [3.63, 3.8) is 0 Å². The lowest BCUT2D eigenvalue weighted by molar-refractivity contribution is 0.245. The SMILES string of the molecule is CCC(CO)NC.O=S(=O)(O)O. The number of aliphatic hydroxyl groups excluding tert-OH is 1. The van der Waals surface area contributed by atoms with Crippen molar-refractivity contribution >= 4 is 10.4 Å². The van der Waals surface area contributed by atoms with Crippen molar-refractivity contribution in [2.75, 3.05) is 13.7 Å². The van der Waals surface area contributed by atoms with Gasteiger partial charge in [0, 0.05) is 6.04 Å². The molecular weight excluding hydrogens is 186 g/mol. The number of nitrogens with one attached hydrogen (secondary N) is 1. The predicted octanol–water partition coefficient (Wildman–Crippen LogP) is -0.676. The van der Waals surface area contributed by atoms with Crippen molar-refractivity contribution in [3.8, 4) is 0 Å². The van der Waals surface area contributed by atoms with Crippen molar-refractivity contribution in [1.82, 2.24) is 5.32 Å². The maximum absolute atomic E-state index is 8.74. The second-order valence-corrected chi connectivity index (χ2v) is 2.92. The molecule has 0 radical (unpaired) electrons. The molecule has 0 aromatic rings. The Morgan fingerprint density at radius 1 is 1.42 bits per heavy atom. The molecule has 0 aliphatic heterocycles. The number of likely N-dealkylation sites (N-methyl/N-ethyl adjacent to an activating group) is 1. The van der Waals surface area contributed by atoms with Gasteiger partial charge >= 0.3 is 10.4 Å². The molecule has 6 nitrogen and oxygen atoms in total. The monoisotopic (exact) mass is 201 g/mol. The van der Waals surface area contributed by atoms with Gasteiger partial charge in [-0.25, -0.2) is 0 Å². The van der Waals surface area contributed by atoms with E-state index in [-0.39, 0.29) is 6.61 Å². The number of aliphatic hydroxyl groups is 1. The van der Waals surface area contributed by atoms with E-state index in [0.29, 0.717) is 6.04 Å². The summed E-state index contributed by atoms with van der Waals surface area (Å²) in [5.74, 6) is 0. The second kappa shape index (κ2) is 7.44. The number of hydrogen-bond donors (Lipinski definition) is 4. The Morgan fingerprint density at radius 2 is 1.75 bits per heavy atom. The average Bonchev–Trinajstić information content (AvgIpc) is 1.88. The molecule has 12 heavy (non-hydrogen) atoms. The van der Waals surface area contributed by atoms with Crippen LogP contribution in [0, 0.1) is 0 Å². The van der Waals surface area contributed by atoms with E-state index in [9.17, 15) is 0 Å². The van der Waals surface area contributed by atoms with Crippen LogP contribution in [-0.2, 0) is 10.4 Å². The largest absolute Gasteiger partial charge is 0.395 e. The van der Waals surface area contributed by atoms with Crippen LogP contribution in [0.5, 0.6) is 0 Å². The molecule has 0 saturated heterocycles. The fourth-order valence-electron chi connectivity index (χ4n) is 0.425. The van der Waals surface area contributed by atoms with Crippen LogP contribution in [-0.4, -0.2) is 42.3 Å². The van der Waals surface area contributed by atoms with Crippen LogP contribution in [0.3, 0.4) is 0 Å². The average molecular weight is 201 g/mol. The second-order valence-electron chi connectivity index (χ2n) is 2.02. The van der Waals surface area contributed by atoms with E-state index >= 15 is 0 Å². The predicted molar refractivity (Wildman–Crippen MR) is 44.4 cm³/mol. The third-order valence-electron chi connectivity index (χ3n) is 1.12. The van der Waals surface area contributed by atoms with Crippen LogP contribution in [0.4, 0.5) is 0 Å². The summed E-state index contributed by atoms with van der Waals surface area (Å²) in [5, 5.41) is 11.4. The molecule has 4 N–H and O–H groups in total. The van der Waals surface area contributed by atoms with Gasteiger partial charge in [-0.05, 0) is 13.5 Å². The molecule has 0 aliphatic rings. The minimum Gasteiger partial charge on any atom is -0.395 e. The molecule has 0 aromatic carbocycles. The van der Waals surface area contributed by atoms with E-state index in [1.807, 2.05) is 14.0 Å². The fourth-order valence-corrected chi connectivity index (χ4v) is 0.425. The van der Waals surface area contributed by atoms with E-state index in [4.69, 9.17) is 22.6 Å². The molecule has 1 unspecified atom stereocenters. The Balaban J connectivity index is 0. The molecule has 0 rings (SSSR count). The highest BCUT2D eigenvalue weighted by atomic mass is 32.3. The normalized spacial score (nSPS) is 13.1. The van der Waals surface area contributed by atoms with Gasteiger partial charge in [-0.15, -0.1) is 0 Å². The standard InChI is InChI=1S/C5H13NO.H2O4S/c1-3-5(4-7)6-2;1-5(2,3)4/h5-7H,3-4H2,1-2H3;(H2,1,2,3,4). The molecule has 0 bridgehead atoms. The smallest absolute Gasteiger partial charge is 0.394 e. The van der Waals surface area contributed by atoms with Gasteiger partial charge in [0.15, 0.2) is 0 Å². The van der Waals surface area contributed by atoms with Crippen LogP contribution in [0.1, 0.15) is 13.3 Å². The van der Waals surface area contributed by atoms with Gasteiger partial charge < -0.3 is 10.4 Å². The zero-order valence-electron chi connectivity index (χ0n) is 7.06. The summed E-state index contributed by atoms with van der Waals surface area (Å²) in [6, 6.07) is 0.292. The molecule has 0 heterocycles. The number of rotatable bonds is 3. The zero-order chi connectivity index (χ0) is 10.2. The lowest BCUT2D eigenvalue weighted by Crippen LogP contribution is -2.27. The van der Waals surface area contributed by atoms with Gasteiger partial charge in [0.1, 0.15) is 0 Å². The van der Waals surface area contributed by atoms with Gasteiger partial charge in [-0.3, -0.25) is 9.11 Å². The topological polar surface area (TPSA) is 107 Å². The summed E-state index contributed by atoms with van der Waals surface area (Å²) in [5.41, 5.74) is 0. The molecule has 0 amide bonds. The van der Waals surface area contributed by atoms with E-state index in [0.717, 1.165) is 6.42 Å². The Labute approximate surface area is 72.2 Å². The molecule has 0 aliphatic carbocycles. The van der Waals surface area contributed by atoms with Gasteiger partial charge in [0.05, 0.1) is 6.61 Å². The summed E-state index contributed by atoms with van der Waals surface area (Å²) in [4.78, 5) is 0. The van der Waals surface area contributed by atoms with Crippen LogP contribution < -0.4 is 5.32 Å². The maximum Gasteiger partial charge on any atom is 0.394 e. The van der Waals surface area contributed by atoms with E-state index < -0.39 is 10.4 Å². The third-order valence-corrected chi connectivity index (χ3v) is 1.12. The van der Waals surface area contributed by atoms with Crippen LogP contribution >= 0.6 is 0 Å². The number of hydrogen-bond acceptors (Lipinski definition) is 4. The van der Waals surface area contributed by atoms with Crippen LogP contribution in [0.15, 0.2) is 0 Å². The maximum atomic E-state index is 8.74. The minimum absolute atomic E-state index is 0.243. The third kappa shape index (κ3) is 22.6. The highest BCUT2D eigenvalue weighted by molar-refractivity contribution is 7.79. The van der Waals surface area contributed by atoms with Crippen molar-refractivity contribution in [3.05, 3.63) is 0 Å². The fraction of sp³-hybridized carbons (Fsp3) is 1.00. The van der Waals surface area contributed by atoms with Gasteiger partial charge in [-0.2, -0.15) is 8.42 Å². The van der Waals surface area contributed by atoms with Crippen LogP contribution in [0.25, 0.3) is 0 Å². The zero-order valence-corrected chi connectivity index (χ0v) is 7.87. The van der Waals surface area contributed by atoms with E-state index in [1.165, 1.54) is 0 Å². The summed E-state index contributed by atoms with van der Waals surface area (Å²) in [6.45, 7) is 2.28. The summed E-state index contributed by atoms with van der Waals surface area (Å²) in [7, 11) is -2.82. The Morgan fingerprint density at radius 3 is 1.75 bits per heavy atom. The quantitative estimate of drug-likeness (QED) is 0.451. The Bertz CT molecular complexity index is 161. The lowest BCUT2D eigenvalue weighted by Gasteiger charge is -2.07. The molecule has 0 saturated carbocycles. The van der Waals surface area contributed by atoms with Crippen molar-refractivity contribution in [2.45, 2.75) is 19.4 Å². The van der Waals surface area contributed by atoms with Gasteiger partial charge in [0.25, 0.3) is 0 Å². The molecule has 0 fully saturated rings. The van der Waals surface area contributed by atoms with E-state index in [1.54, 1.807) is 0 Å². The first kappa shape index (κ1) is 14.3. The van der Waals surface area contributed by atoms with Crippen molar-refractivity contribution < 1.29 is 22.6 Å². The van der Waals surface area contributed by atoms with E-state index in [2.05, 4.69) is 5.32 Å². The molecular formula is C5H15NO5S. The Kier molecular flexibility index (Phi) is 8.88.